The molecule has 156 valence electrons. The second-order valence-electron chi connectivity index (χ2n) is 6.87. The number of aromatic nitrogens is 1. The van der Waals surface area contributed by atoms with Gasteiger partial charge < -0.3 is 24.4 Å². The van der Waals surface area contributed by atoms with Gasteiger partial charge in [-0.05, 0) is 23.8 Å². The molecule has 0 saturated carbocycles. The van der Waals surface area contributed by atoms with Crippen molar-refractivity contribution < 1.29 is 14.2 Å². The lowest BCUT2D eigenvalue weighted by atomic mass is 10.2. The first kappa shape index (κ1) is 21.5. The maximum Gasteiger partial charge on any atom is 0.213 e. The Morgan fingerprint density at radius 3 is 2.90 bits per heavy atom. The van der Waals surface area contributed by atoms with E-state index >= 15 is 0 Å². The number of hydrogen-bond donors (Lipinski definition) is 1. The van der Waals surface area contributed by atoms with Crippen molar-refractivity contribution in [2.24, 2.45) is 4.99 Å². The number of aliphatic imine (C=N–C) groups is 1. The lowest BCUT2D eigenvalue weighted by molar-refractivity contribution is 0.205. The molecular formula is C21H27IN4O3. The first-order valence-corrected chi connectivity index (χ1v) is 9.73. The highest BCUT2D eigenvalue weighted by Gasteiger charge is 2.26. The summed E-state index contributed by atoms with van der Waals surface area (Å²) in [6, 6.07) is 11.8. The summed E-state index contributed by atoms with van der Waals surface area (Å²) >= 11 is 0. The van der Waals surface area contributed by atoms with E-state index in [4.69, 9.17) is 14.2 Å². The number of rotatable bonds is 4. The molecule has 0 amide bonds. The highest BCUT2D eigenvalue weighted by Crippen LogP contribution is 2.30. The zero-order valence-corrected chi connectivity index (χ0v) is 18.9. The summed E-state index contributed by atoms with van der Waals surface area (Å²) in [6.45, 7) is 3.76. The zero-order valence-electron chi connectivity index (χ0n) is 16.5. The molecule has 1 fully saturated rings. The quantitative estimate of drug-likeness (QED) is 0.388. The van der Waals surface area contributed by atoms with E-state index in [0.717, 1.165) is 49.0 Å². The summed E-state index contributed by atoms with van der Waals surface area (Å²) in [5, 5.41) is 3.44. The molecule has 1 N–H and O–H groups in total. The van der Waals surface area contributed by atoms with Crippen LogP contribution in [-0.4, -0.2) is 55.3 Å². The number of nitrogens with zero attached hydrogens (tertiary/aromatic N) is 3. The Bertz CT molecular complexity index is 819. The number of guanidine groups is 1. The molecule has 4 rings (SSSR count). The van der Waals surface area contributed by atoms with Gasteiger partial charge in [-0.3, -0.25) is 4.99 Å². The molecule has 29 heavy (non-hydrogen) atoms. The number of benzene rings is 1. The summed E-state index contributed by atoms with van der Waals surface area (Å²) in [5.74, 6) is 3.18. The number of likely N-dealkylation sites (tertiary alicyclic amines) is 1. The smallest absolute Gasteiger partial charge is 0.213 e. The standard InChI is InChI=1S/C21H26N4O3.HI/c1-22-21(25-10-8-17(15-25)28-20-5-2-3-9-23-20)24-14-16-6-7-18-19(13-16)27-12-4-11-26-18;/h2-3,5-7,9,13,17H,4,8,10-12,14-15H2,1H3,(H,22,24);1H. The van der Waals surface area contributed by atoms with Crippen LogP contribution >= 0.6 is 24.0 Å². The van der Waals surface area contributed by atoms with Crippen molar-refractivity contribution in [2.45, 2.75) is 25.5 Å². The largest absolute Gasteiger partial charge is 0.490 e. The molecule has 0 bridgehead atoms. The minimum Gasteiger partial charge on any atom is -0.490 e. The van der Waals surface area contributed by atoms with E-state index in [1.807, 2.05) is 37.4 Å². The highest BCUT2D eigenvalue weighted by atomic mass is 127. The van der Waals surface area contributed by atoms with Gasteiger partial charge in [0.1, 0.15) is 6.10 Å². The molecule has 2 aromatic rings. The minimum absolute atomic E-state index is 0. The molecule has 8 heteroatoms. The number of pyridine rings is 1. The molecule has 2 aliphatic rings. The Morgan fingerprint density at radius 1 is 1.24 bits per heavy atom. The lowest BCUT2D eigenvalue weighted by Gasteiger charge is -2.22. The summed E-state index contributed by atoms with van der Waals surface area (Å²) in [4.78, 5) is 10.9. The highest BCUT2D eigenvalue weighted by molar-refractivity contribution is 14.0. The third-order valence-electron chi connectivity index (χ3n) is 4.84. The number of fused-ring (bicyclic) bond motifs is 1. The monoisotopic (exact) mass is 510 g/mol. The van der Waals surface area contributed by atoms with E-state index in [1.165, 1.54) is 0 Å². The molecule has 1 unspecified atom stereocenters. The predicted octanol–water partition coefficient (Wildman–Crippen LogP) is 3.09. The average molecular weight is 510 g/mol. The van der Waals surface area contributed by atoms with E-state index in [1.54, 1.807) is 6.20 Å². The molecule has 3 heterocycles. The van der Waals surface area contributed by atoms with Gasteiger partial charge in [0.2, 0.25) is 5.88 Å². The number of ether oxygens (including phenoxy) is 3. The van der Waals surface area contributed by atoms with Crippen molar-refractivity contribution in [1.29, 1.82) is 0 Å². The molecule has 1 aromatic heterocycles. The topological polar surface area (TPSA) is 68.2 Å². The van der Waals surface area contributed by atoms with Gasteiger partial charge in [0, 0.05) is 45.2 Å². The number of nitrogens with one attached hydrogen (secondary N) is 1. The molecule has 0 radical (unpaired) electrons. The van der Waals surface area contributed by atoms with Gasteiger partial charge in [-0.1, -0.05) is 12.1 Å². The second kappa shape index (κ2) is 10.5. The molecule has 0 aliphatic carbocycles. The van der Waals surface area contributed by atoms with E-state index in [-0.39, 0.29) is 30.1 Å². The van der Waals surface area contributed by atoms with Gasteiger partial charge >= 0.3 is 0 Å². The van der Waals surface area contributed by atoms with Crippen LogP contribution in [0.5, 0.6) is 17.4 Å². The maximum absolute atomic E-state index is 5.97. The van der Waals surface area contributed by atoms with E-state index < -0.39 is 0 Å². The minimum atomic E-state index is 0. The van der Waals surface area contributed by atoms with Gasteiger partial charge in [0.05, 0.1) is 19.8 Å². The van der Waals surface area contributed by atoms with Crippen LogP contribution in [-0.2, 0) is 6.54 Å². The van der Waals surface area contributed by atoms with Gasteiger partial charge in [-0.2, -0.15) is 0 Å². The van der Waals surface area contributed by atoms with Crippen molar-refractivity contribution in [3.63, 3.8) is 0 Å². The van der Waals surface area contributed by atoms with Crippen LogP contribution in [0.25, 0.3) is 0 Å². The van der Waals surface area contributed by atoms with Crippen LogP contribution in [0.2, 0.25) is 0 Å². The van der Waals surface area contributed by atoms with Crippen LogP contribution < -0.4 is 19.5 Å². The Balaban J connectivity index is 0.00000240. The van der Waals surface area contributed by atoms with Crippen LogP contribution in [0.15, 0.2) is 47.6 Å². The van der Waals surface area contributed by atoms with Crippen molar-refractivity contribution >= 4 is 29.9 Å². The fraction of sp³-hybridized carbons (Fsp3) is 0.429. The SMILES string of the molecule is CN=C(NCc1ccc2c(c1)OCCCO2)N1CCC(Oc2ccccn2)C1.I. The van der Waals surface area contributed by atoms with Gasteiger partial charge in [0.15, 0.2) is 17.5 Å². The summed E-state index contributed by atoms with van der Waals surface area (Å²) in [7, 11) is 1.81. The fourth-order valence-corrected chi connectivity index (χ4v) is 3.44. The molecule has 1 atom stereocenters. The van der Waals surface area contributed by atoms with Crippen molar-refractivity contribution in [3.8, 4) is 17.4 Å². The summed E-state index contributed by atoms with van der Waals surface area (Å²) in [5.41, 5.74) is 1.13. The van der Waals surface area contributed by atoms with Crippen LogP contribution in [0.4, 0.5) is 0 Å². The van der Waals surface area contributed by atoms with E-state index in [9.17, 15) is 0 Å². The Kier molecular flexibility index (Phi) is 7.79. The Labute approximate surface area is 188 Å². The van der Waals surface area contributed by atoms with Crippen LogP contribution in [0.1, 0.15) is 18.4 Å². The van der Waals surface area contributed by atoms with Gasteiger partial charge in [0.25, 0.3) is 0 Å². The molecule has 2 aliphatic heterocycles. The predicted molar refractivity (Wildman–Crippen MR) is 123 cm³/mol. The van der Waals surface area contributed by atoms with Crippen LogP contribution in [0, 0.1) is 0 Å². The summed E-state index contributed by atoms with van der Waals surface area (Å²) < 4.78 is 17.4. The molecule has 1 aromatic carbocycles. The van der Waals surface area contributed by atoms with Crippen molar-refractivity contribution in [2.75, 3.05) is 33.4 Å². The summed E-state index contributed by atoms with van der Waals surface area (Å²) in [6.07, 6.45) is 3.72. The van der Waals surface area contributed by atoms with E-state index in [0.29, 0.717) is 25.6 Å². The van der Waals surface area contributed by atoms with Gasteiger partial charge in [-0.25, -0.2) is 4.98 Å². The Morgan fingerprint density at radius 2 is 2.10 bits per heavy atom. The lowest BCUT2D eigenvalue weighted by Crippen LogP contribution is -2.40. The van der Waals surface area contributed by atoms with E-state index in [2.05, 4.69) is 26.3 Å². The average Bonchev–Trinajstić information content (AvgIpc) is 3.05. The first-order chi connectivity index (χ1) is 13.8. The number of halogens is 1. The van der Waals surface area contributed by atoms with Crippen molar-refractivity contribution in [1.82, 2.24) is 15.2 Å². The number of hydrogen-bond acceptors (Lipinski definition) is 5. The third-order valence-corrected chi connectivity index (χ3v) is 4.84. The fourth-order valence-electron chi connectivity index (χ4n) is 3.44. The second-order valence-corrected chi connectivity index (χ2v) is 6.87. The molecule has 7 nitrogen and oxygen atoms in total. The Hall–Kier alpha value is -2.23. The third kappa shape index (κ3) is 5.65. The van der Waals surface area contributed by atoms with Crippen LogP contribution in [0.3, 0.4) is 0 Å². The first-order valence-electron chi connectivity index (χ1n) is 9.73. The maximum atomic E-state index is 5.97. The molecule has 0 spiro atoms. The molecule has 1 saturated heterocycles. The molecular weight excluding hydrogens is 483 g/mol. The van der Waals surface area contributed by atoms with Gasteiger partial charge in [-0.15, -0.1) is 24.0 Å². The normalized spacial score (nSPS) is 18.6. The van der Waals surface area contributed by atoms with Crippen molar-refractivity contribution in [3.05, 3.63) is 48.2 Å². The zero-order chi connectivity index (χ0) is 19.2.